The van der Waals surface area contributed by atoms with Crippen LogP contribution in [0.4, 0.5) is 10.8 Å². The number of nitrogens with zero attached hydrogens (tertiary/aromatic N) is 3. The lowest BCUT2D eigenvalue weighted by molar-refractivity contribution is 0.102. The smallest absolute Gasteiger partial charge is 0.255 e. The number of fused-ring (bicyclic) bond motifs is 1. The van der Waals surface area contributed by atoms with Crippen molar-refractivity contribution in [2.45, 2.75) is 26.2 Å². The molecule has 0 spiro atoms. The molecule has 1 aliphatic heterocycles. The molecule has 1 aliphatic rings. The zero-order valence-corrected chi connectivity index (χ0v) is 19.1. The molecule has 1 amide bonds. The summed E-state index contributed by atoms with van der Waals surface area (Å²) in [6.45, 7) is 6.99. The highest BCUT2D eigenvalue weighted by Crippen LogP contribution is 2.31. The molecule has 31 heavy (non-hydrogen) atoms. The Balaban J connectivity index is 1.38. The molecular formula is C24H30N4O2S. The van der Waals surface area contributed by atoms with E-state index in [0.29, 0.717) is 12.2 Å². The van der Waals surface area contributed by atoms with Gasteiger partial charge in [0.15, 0.2) is 5.13 Å². The van der Waals surface area contributed by atoms with Crippen molar-refractivity contribution in [2.75, 3.05) is 50.1 Å². The number of carbonyl (C=O) groups is 1. The largest absolute Gasteiger partial charge is 0.494 e. The summed E-state index contributed by atoms with van der Waals surface area (Å²) in [4.78, 5) is 22.1. The van der Waals surface area contributed by atoms with E-state index in [2.05, 4.69) is 29.1 Å². The predicted molar refractivity (Wildman–Crippen MR) is 129 cm³/mol. The lowest BCUT2D eigenvalue weighted by Crippen LogP contribution is -2.44. The van der Waals surface area contributed by atoms with E-state index < -0.39 is 0 Å². The van der Waals surface area contributed by atoms with Crippen LogP contribution in [0.1, 0.15) is 36.5 Å². The number of aromatic nitrogens is 1. The Morgan fingerprint density at radius 1 is 1.10 bits per heavy atom. The monoisotopic (exact) mass is 438 g/mol. The molecule has 4 rings (SSSR count). The standard InChI is InChI=1S/C24H30N4O2S/c1-3-4-5-16-30-20-9-6-18(7-10-20)23(29)25-19-8-11-21-22(17-19)31-24(26-21)28-14-12-27(2)13-15-28/h6-11,17H,3-5,12-16H2,1-2H3,(H,25,29). The zero-order valence-electron chi connectivity index (χ0n) is 18.3. The first-order chi connectivity index (χ1) is 15.1. The quantitative estimate of drug-likeness (QED) is 0.509. The summed E-state index contributed by atoms with van der Waals surface area (Å²) in [5, 5.41) is 4.06. The van der Waals surface area contributed by atoms with E-state index in [1.807, 2.05) is 30.3 Å². The number of rotatable bonds is 8. The highest BCUT2D eigenvalue weighted by Gasteiger charge is 2.18. The van der Waals surface area contributed by atoms with E-state index in [4.69, 9.17) is 9.72 Å². The van der Waals surface area contributed by atoms with Gasteiger partial charge in [0, 0.05) is 37.4 Å². The van der Waals surface area contributed by atoms with Gasteiger partial charge >= 0.3 is 0 Å². The third-order valence-corrected chi connectivity index (χ3v) is 6.62. The van der Waals surface area contributed by atoms with Crippen molar-refractivity contribution in [3.8, 4) is 5.75 Å². The SMILES string of the molecule is CCCCCOc1ccc(C(=O)Nc2ccc3nc(N4CCN(C)CC4)sc3c2)cc1. The van der Waals surface area contributed by atoms with Gasteiger partial charge in [-0.05, 0) is 55.9 Å². The molecule has 0 aliphatic carbocycles. The molecule has 2 aromatic carbocycles. The molecule has 0 radical (unpaired) electrons. The number of hydrogen-bond acceptors (Lipinski definition) is 6. The van der Waals surface area contributed by atoms with Crippen molar-refractivity contribution in [3.05, 3.63) is 48.0 Å². The Labute approximate surface area is 187 Å². The third-order valence-electron chi connectivity index (χ3n) is 5.54. The summed E-state index contributed by atoms with van der Waals surface area (Å²) in [6, 6.07) is 13.2. The van der Waals surface area contributed by atoms with Gasteiger partial charge in [-0.15, -0.1) is 0 Å². The second kappa shape index (κ2) is 10.1. The first-order valence-corrected chi connectivity index (χ1v) is 11.8. The minimum atomic E-state index is -0.124. The molecule has 0 bridgehead atoms. The van der Waals surface area contributed by atoms with Crippen LogP contribution in [-0.2, 0) is 0 Å². The first-order valence-electron chi connectivity index (χ1n) is 11.0. The van der Waals surface area contributed by atoms with Crippen LogP contribution >= 0.6 is 11.3 Å². The Kier molecular flexibility index (Phi) is 7.04. The number of amides is 1. The maximum atomic E-state index is 12.7. The predicted octanol–water partition coefficient (Wildman–Crippen LogP) is 4.87. The Morgan fingerprint density at radius 2 is 1.87 bits per heavy atom. The highest BCUT2D eigenvalue weighted by atomic mass is 32.1. The van der Waals surface area contributed by atoms with E-state index >= 15 is 0 Å². The number of thiazole rings is 1. The first kappa shape index (κ1) is 21.6. The second-order valence-corrected chi connectivity index (χ2v) is 9.01. The number of piperazine rings is 1. The molecule has 1 saturated heterocycles. The zero-order chi connectivity index (χ0) is 21.6. The number of ether oxygens (including phenoxy) is 1. The average molecular weight is 439 g/mol. The van der Waals surface area contributed by atoms with Crippen LogP contribution in [-0.4, -0.2) is 55.6 Å². The van der Waals surface area contributed by atoms with E-state index in [9.17, 15) is 4.79 Å². The summed E-state index contributed by atoms with van der Waals surface area (Å²) < 4.78 is 6.81. The Hall–Kier alpha value is -2.64. The molecule has 1 fully saturated rings. The average Bonchev–Trinajstić information content (AvgIpc) is 3.21. The van der Waals surface area contributed by atoms with Gasteiger partial charge in [-0.2, -0.15) is 0 Å². The second-order valence-electron chi connectivity index (χ2n) is 8.00. The number of nitrogens with one attached hydrogen (secondary N) is 1. The number of anilines is 2. The molecule has 2 heterocycles. The van der Waals surface area contributed by atoms with Crippen molar-refractivity contribution in [1.82, 2.24) is 9.88 Å². The molecule has 6 nitrogen and oxygen atoms in total. The number of carbonyl (C=O) groups excluding carboxylic acids is 1. The van der Waals surface area contributed by atoms with Gasteiger partial charge in [0.05, 0.1) is 16.8 Å². The molecule has 0 saturated carbocycles. The van der Waals surface area contributed by atoms with Crippen molar-refractivity contribution in [2.24, 2.45) is 0 Å². The fraction of sp³-hybridized carbons (Fsp3) is 0.417. The van der Waals surface area contributed by atoms with E-state index in [1.54, 1.807) is 23.5 Å². The number of hydrogen-bond donors (Lipinski definition) is 1. The van der Waals surface area contributed by atoms with E-state index in [1.165, 1.54) is 12.8 Å². The topological polar surface area (TPSA) is 57.7 Å². The molecule has 3 aromatic rings. The van der Waals surface area contributed by atoms with Crippen molar-refractivity contribution >= 4 is 38.3 Å². The van der Waals surface area contributed by atoms with Crippen LogP contribution in [0.2, 0.25) is 0 Å². The fourth-order valence-electron chi connectivity index (χ4n) is 3.57. The van der Waals surface area contributed by atoms with Crippen LogP contribution < -0.4 is 15.0 Å². The summed E-state index contributed by atoms with van der Waals surface area (Å²) >= 11 is 1.68. The van der Waals surface area contributed by atoms with Gasteiger partial charge in [0.1, 0.15) is 5.75 Å². The van der Waals surface area contributed by atoms with E-state index in [0.717, 1.165) is 59.4 Å². The van der Waals surface area contributed by atoms with Gasteiger partial charge < -0.3 is 19.9 Å². The highest BCUT2D eigenvalue weighted by molar-refractivity contribution is 7.22. The maximum absolute atomic E-state index is 12.7. The van der Waals surface area contributed by atoms with Crippen LogP contribution in [0.3, 0.4) is 0 Å². The summed E-state index contributed by atoms with van der Waals surface area (Å²) in [6.07, 6.45) is 3.39. The van der Waals surface area contributed by atoms with Crippen LogP contribution in [0.25, 0.3) is 10.2 Å². The molecule has 164 valence electrons. The van der Waals surface area contributed by atoms with Gasteiger partial charge in [0.2, 0.25) is 0 Å². The van der Waals surface area contributed by atoms with Gasteiger partial charge in [-0.1, -0.05) is 31.1 Å². The van der Waals surface area contributed by atoms with Crippen molar-refractivity contribution in [1.29, 1.82) is 0 Å². The summed E-state index contributed by atoms with van der Waals surface area (Å²) in [5.74, 6) is 0.677. The molecule has 7 heteroatoms. The van der Waals surface area contributed by atoms with Crippen LogP contribution in [0.15, 0.2) is 42.5 Å². The van der Waals surface area contributed by atoms with Crippen LogP contribution in [0, 0.1) is 0 Å². The Bertz CT molecular complexity index is 1010. The van der Waals surface area contributed by atoms with Crippen molar-refractivity contribution in [3.63, 3.8) is 0 Å². The minimum Gasteiger partial charge on any atom is -0.494 e. The maximum Gasteiger partial charge on any atom is 0.255 e. The minimum absolute atomic E-state index is 0.124. The Morgan fingerprint density at radius 3 is 2.61 bits per heavy atom. The number of benzene rings is 2. The molecule has 0 atom stereocenters. The lowest BCUT2D eigenvalue weighted by Gasteiger charge is -2.31. The fourth-order valence-corrected chi connectivity index (χ4v) is 4.63. The third kappa shape index (κ3) is 5.54. The number of likely N-dealkylation sites (N-methyl/N-ethyl adjacent to an activating group) is 1. The number of unbranched alkanes of at least 4 members (excludes halogenated alkanes) is 2. The lowest BCUT2D eigenvalue weighted by atomic mass is 10.2. The molecule has 0 unspecified atom stereocenters. The molecular weight excluding hydrogens is 408 g/mol. The normalized spacial score (nSPS) is 14.7. The van der Waals surface area contributed by atoms with E-state index in [-0.39, 0.29) is 5.91 Å². The molecule has 1 aromatic heterocycles. The summed E-state index contributed by atoms with van der Waals surface area (Å²) in [7, 11) is 2.15. The van der Waals surface area contributed by atoms with Gasteiger partial charge in [0.25, 0.3) is 5.91 Å². The molecule has 1 N–H and O–H groups in total. The summed E-state index contributed by atoms with van der Waals surface area (Å²) in [5.41, 5.74) is 2.37. The van der Waals surface area contributed by atoms with Gasteiger partial charge in [-0.3, -0.25) is 4.79 Å². The van der Waals surface area contributed by atoms with Gasteiger partial charge in [-0.25, -0.2) is 4.98 Å². The van der Waals surface area contributed by atoms with Crippen molar-refractivity contribution < 1.29 is 9.53 Å². The van der Waals surface area contributed by atoms with Crippen LogP contribution in [0.5, 0.6) is 5.75 Å².